The molecule has 1 heterocycles. The maximum atomic E-state index is 13.0. The van der Waals surface area contributed by atoms with Crippen molar-refractivity contribution in [1.29, 1.82) is 0 Å². The van der Waals surface area contributed by atoms with Crippen LogP contribution in [0.15, 0.2) is 64.7 Å². The van der Waals surface area contributed by atoms with Crippen LogP contribution in [0.1, 0.15) is 17.0 Å². The Morgan fingerprint density at radius 1 is 1.23 bits per heavy atom. The minimum absolute atomic E-state index is 0.105. The lowest BCUT2D eigenvalue weighted by atomic mass is 10.2. The Bertz CT molecular complexity index is 1060. The quantitative estimate of drug-likeness (QED) is 0.269. The summed E-state index contributed by atoms with van der Waals surface area (Å²) < 4.78 is 16.0. The zero-order valence-corrected chi connectivity index (χ0v) is 20.2. The summed E-state index contributed by atoms with van der Waals surface area (Å²) in [5.41, 5.74) is 2.87. The van der Waals surface area contributed by atoms with E-state index in [1.54, 1.807) is 30.0 Å². The normalized spacial score (nSPS) is 10.8. The van der Waals surface area contributed by atoms with Gasteiger partial charge in [-0.2, -0.15) is 0 Å². The lowest BCUT2D eigenvalue weighted by Crippen LogP contribution is -2.15. The van der Waals surface area contributed by atoms with Gasteiger partial charge in [-0.05, 0) is 48.4 Å². The second kappa shape index (κ2) is 11.5. The SMILES string of the molecule is C=CCn1c(CSCc2ccc(F)cc2)nnc1SCC(=O)Nc1ccc(Br)c(C)c1. The van der Waals surface area contributed by atoms with E-state index < -0.39 is 0 Å². The van der Waals surface area contributed by atoms with E-state index in [2.05, 4.69) is 38.0 Å². The number of rotatable bonds is 10. The lowest BCUT2D eigenvalue weighted by Gasteiger charge is -2.09. The van der Waals surface area contributed by atoms with Gasteiger partial charge in [-0.1, -0.05) is 45.9 Å². The number of carbonyl (C=O) groups is 1. The zero-order valence-electron chi connectivity index (χ0n) is 17.0. The fraction of sp³-hybridized carbons (Fsp3) is 0.227. The molecule has 1 amide bonds. The number of carbonyl (C=O) groups excluding carboxylic acids is 1. The molecule has 0 saturated heterocycles. The van der Waals surface area contributed by atoms with Gasteiger partial charge in [-0.3, -0.25) is 4.79 Å². The van der Waals surface area contributed by atoms with Crippen LogP contribution in [-0.4, -0.2) is 26.4 Å². The Labute approximate surface area is 198 Å². The highest BCUT2D eigenvalue weighted by Gasteiger charge is 2.14. The van der Waals surface area contributed by atoms with Gasteiger partial charge in [-0.25, -0.2) is 4.39 Å². The Morgan fingerprint density at radius 2 is 2.00 bits per heavy atom. The van der Waals surface area contributed by atoms with Crippen molar-refractivity contribution in [2.75, 3.05) is 11.1 Å². The van der Waals surface area contributed by atoms with Crippen LogP contribution in [0.2, 0.25) is 0 Å². The number of anilines is 1. The first-order valence-electron chi connectivity index (χ1n) is 9.50. The molecule has 31 heavy (non-hydrogen) atoms. The van der Waals surface area contributed by atoms with Gasteiger partial charge in [0.05, 0.1) is 11.5 Å². The molecule has 0 spiro atoms. The number of aromatic nitrogens is 3. The molecular weight excluding hydrogens is 499 g/mol. The van der Waals surface area contributed by atoms with Gasteiger partial charge in [0.25, 0.3) is 0 Å². The molecule has 0 atom stereocenters. The van der Waals surface area contributed by atoms with E-state index in [0.29, 0.717) is 17.5 Å². The molecule has 0 saturated carbocycles. The number of nitrogens with zero attached hydrogens (tertiary/aromatic N) is 3. The summed E-state index contributed by atoms with van der Waals surface area (Å²) in [6.45, 7) is 6.35. The van der Waals surface area contributed by atoms with Crippen LogP contribution in [0, 0.1) is 12.7 Å². The summed E-state index contributed by atoms with van der Waals surface area (Å²) in [6, 6.07) is 12.2. The van der Waals surface area contributed by atoms with E-state index in [-0.39, 0.29) is 17.5 Å². The number of benzene rings is 2. The molecule has 5 nitrogen and oxygen atoms in total. The minimum atomic E-state index is -0.236. The molecular formula is C22H22BrFN4OS2. The van der Waals surface area contributed by atoms with Gasteiger partial charge >= 0.3 is 0 Å². The van der Waals surface area contributed by atoms with Crippen molar-refractivity contribution >= 4 is 51.0 Å². The van der Waals surface area contributed by atoms with Crippen molar-refractivity contribution in [2.45, 2.75) is 30.1 Å². The van der Waals surface area contributed by atoms with Crippen molar-refractivity contribution in [3.63, 3.8) is 0 Å². The molecule has 0 aliphatic rings. The van der Waals surface area contributed by atoms with E-state index in [0.717, 1.165) is 32.9 Å². The summed E-state index contributed by atoms with van der Waals surface area (Å²) in [5.74, 6) is 2.11. The van der Waals surface area contributed by atoms with Crippen LogP contribution >= 0.6 is 39.5 Å². The number of hydrogen-bond donors (Lipinski definition) is 1. The first kappa shape index (κ1) is 23.6. The molecule has 1 N–H and O–H groups in total. The van der Waals surface area contributed by atoms with E-state index in [9.17, 15) is 9.18 Å². The van der Waals surface area contributed by atoms with Crippen LogP contribution in [0.25, 0.3) is 0 Å². The fourth-order valence-corrected chi connectivity index (χ4v) is 4.68. The van der Waals surface area contributed by atoms with Gasteiger partial charge in [0, 0.05) is 22.5 Å². The van der Waals surface area contributed by atoms with Gasteiger partial charge in [0.1, 0.15) is 11.6 Å². The van der Waals surface area contributed by atoms with Gasteiger partial charge < -0.3 is 9.88 Å². The third-order valence-corrected chi connectivity index (χ3v) is 7.15. The molecule has 162 valence electrons. The topological polar surface area (TPSA) is 59.8 Å². The fourth-order valence-electron chi connectivity index (χ4n) is 2.74. The Morgan fingerprint density at radius 3 is 2.71 bits per heavy atom. The summed E-state index contributed by atoms with van der Waals surface area (Å²) in [6.07, 6.45) is 1.78. The predicted molar refractivity (Wildman–Crippen MR) is 130 cm³/mol. The first-order chi connectivity index (χ1) is 15.0. The highest BCUT2D eigenvalue weighted by molar-refractivity contribution is 9.10. The van der Waals surface area contributed by atoms with Crippen LogP contribution in [0.4, 0.5) is 10.1 Å². The number of halogens is 2. The van der Waals surface area contributed by atoms with Crippen LogP contribution in [-0.2, 0) is 22.8 Å². The molecule has 3 aromatic rings. The molecule has 0 radical (unpaired) electrons. The number of amides is 1. The smallest absolute Gasteiger partial charge is 0.234 e. The Kier molecular flexibility index (Phi) is 8.74. The maximum absolute atomic E-state index is 13.0. The molecule has 2 aromatic carbocycles. The number of hydrogen-bond acceptors (Lipinski definition) is 5. The van der Waals surface area contributed by atoms with Crippen LogP contribution < -0.4 is 5.32 Å². The largest absolute Gasteiger partial charge is 0.325 e. The molecule has 1 aromatic heterocycles. The van der Waals surface area contributed by atoms with E-state index >= 15 is 0 Å². The molecule has 9 heteroatoms. The molecule has 3 rings (SSSR count). The number of thioether (sulfide) groups is 2. The molecule has 0 aliphatic carbocycles. The van der Waals surface area contributed by atoms with E-state index in [4.69, 9.17) is 0 Å². The van der Waals surface area contributed by atoms with Crippen molar-refractivity contribution in [3.05, 3.63) is 82.4 Å². The van der Waals surface area contributed by atoms with Crippen molar-refractivity contribution < 1.29 is 9.18 Å². The van der Waals surface area contributed by atoms with Crippen molar-refractivity contribution in [3.8, 4) is 0 Å². The summed E-state index contributed by atoms with van der Waals surface area (Å²) >= 11 is 6.47. The number of nitrogens with one attached hydrogen (secondary N) is 1. The molecule has 0 aliphatic heterocycles. The molecule has 0 fully saturated rings. The highest BCUT2D eigenvalue weighted by Crippen LogP contribution is 2.23. The maximum Gasteiger partial charge on any atom is 0.234 e. The lowest BCUT2D eigenvalue weighted by molar-refractivity contribution is -0.113. The molecule has 0 unspecified atom stereocenters. The monoisotopic (exact) mass is 520 g/mol. The second-order valence-electron chi connectivity index (χ2n) is 6.72. The van der Waals surface area contributed by atoms with Gasteiger partial charge in [0.15, 0.2) is 5.16 Å². The van der Waals surface area contributed by atoms with Crippen molar-refractivity contribution in [2.24, 2.45) is 0 Å². The van der Waals surface area contributed by atoms with Gasteiger partial charge in [0.2, 0.25) is 5.91 Å². The standard InChI is InChI=1S/C22H22BrFN4OS2/c1-3-10-28-20(13-30-12-16-4-6-17(24)7-5-16)26-27-22(28)31-14-21(29)25-18-8-9-19(23)15(2)11-18/h3-9,11H,1,10,12-14H2,2H3,(H,25,29). The third kappa shape index (κ3) is 6.95. The first-order valence-corrected chi connectivity index (χ1v) is 12.4. The average molecular weight is 521 g/mol. The summed E-state index contributed by atoms with van der Waals surface area (Å²) in [5, 5.41) is 12.1. The Balaban J connectivity index is 1.56. The minimum Gasteiger partial charge on any atom is -0.325 e. The average Bonchev–Trinajstić information content (AvgIpc) is 3.13. The predicted octanol–water partition coefficient (Wildman–Crippen LogP) is 5.84. The highest BCUT2D eigenvalue weighted by atomic mass is 79.9. The zero-order chi connectivity index (χ0) is 22.2. The third-order valence-electron chi connectivity index (χ3n) is 4.29. The Hall–Kier alpha value is -2.10. The van der Waals surface area contributed by atoms with Crippen LogP contribution in [0.5, 0.6) is 0 Å². The van der Waals surface area contributed by atoms with E-state index in [1.807, 2.05) is 29.7 Å². The molecule has 0 bridgehead atoms. The second-order valence-corrected chi connectivity index (χ2v) is 9.50. The number of allylic oxidation sites excluding steroid dienone is 1. The van der Waals surface area contributed by atoms with Gasteiger partial charge in [-0.15, -0.1) is 28.5 Å². The summed E-state index contributed by atoms with van der Waals surface area (Å²) in [4.78, 5) is 12.4. The summed E-state index contributed by atoms with van der Waals surface area (Å²) in [7, 11) is 0. The van der Waals surface area contributed by atoms with Crippen LogP contribution in [0.3, 0.4) is 0 Å². The van der Waals surface area contributed by atoms with E-state index in [1.165, 1.54) is 23.9 Å². The number of aryl methyl sites for hydroxylation is 1. The van der Waals surface area contributed by atoms with Crippen molar-refractivity contribution in [1.82, 2.24) is 14.8 Å².